The van der Waals surface area contributed by atoms with Gasteiger partial charge in [0.25, 0.3) is 0 Å². The van der Waals surface area contributed by atoms with Crippen LogP contribution in [0.1, 0.15) is 97.3 Å². The molecule has 0 heterocycles. The van der Waals surface area contributed by atoms with Crippen LogP contribution in [0.5, 0.6) is 0 Å². The summed E-state index contributed by atoms with van der Waals surface area (Å²) in [6.07, 6.45) is 15.1. The molecule has 0 bridgehead atoms. The van der Waals surface area contributed by atoms with Gasteiger partial charge in [0.2, 0.25) is 5.91 Å². The fourth-order valence-corrected chi connectivity index (χ4v) is 8.87. The molecule has 30 heavy (non-hydrogen) atoms. The van der Waals surface area contributed by atoms with Crippen LogP contribution in [0.2, 0.25) is 0 Å². The fourth-order valence-electron chi connectivity index (χ4n) is 8.87. The first kappa shape index (κ1) is 20.7. The highest BCUT2D eigenvalue weighted by Crippen LogP contribution is 2.66. The molecule has 4 heteroatoms. The normalized spacial score (nSPS) is 46.7. The zero-order valence-corrected chi connectivity index (χ0v) is 19.0. The Morgan fingerprint density at radius 3 is 2.47 bits per heavy atom. The van der Waals surface area contributed by atoms with Crippen LogP contribution in [0, 0.1) is 45.8 Å². The molecule has 4 nitrogen and oxygen atoms in total. The van der Waals surface area contributed by atoms with E-state index < -0.39 is 5.92 Å². The Morgan fingerprint density at radius 2 is 1.70 bits per heavy atom. The summed E-state index contributed by atoms with van der Waals surface area (Å²) in [6, 6.07) is 0.228. The number of carbonyl (C=O) groups excluding carboxylic acids is 2. The van der Waals surface area contributed by atoms with Crippen LogP contribution in [-0.4, -0.2) is 23.4 Å². The molecule has 5 rings (SSSR count). The van der Waals surface area contributed by atoms with Crippen LogP contribution < -0.4 is 5.32 Å². The van der Waals surface area contributed by atoms with Crippen LogP contribution in [0.15, 0.2) is 0 Å². The second-order valence-electron chi connectivity index (χ2n) is 12.0. The molecule has 5 fully saturated rings. The predicted molar refractivity (Wildman–Crippen MR) is 118 cm³/mol. The van der Waals surface area contributed by atoms with E-state index in [1.54, 1.807) is 0 Å². The standard InChI is InChI=1S/C26H40N2O2/c1-25-13-6-9-19(25)17-10-11-21-22(27)23(29)18(15-26(21,2)20(17)12-14-25)24(30)28-16-7-4-3-5-8-16/h16-21,27H,3-15H2,1-2H3,(H,28,30)/t17-,18?,19-,20+,21?,25-,26+/m0/s1. The number of hydrogen-bond donors (Lipinski definition) is 2. The van der Waals surface area contributed by atoms with Crippen molar-refractivity contribution in [2.45, 2.75) is 103 Å². The van der Waals surface area contributed by atoms with Gasteiger partial charge in [0.15, 0.2) is 5.78 Å². The molecule has 0 saturated heterocycles. The van der Waals surface area contributed by atoms with Gasteiger partial charge in [-0.1, -0.05) is 39.5 Å². The third-order valence-electron chi connectivity index (χ3n) is 10.5. The number of fused-ring (bicyclic) bond motifs is 5. The Bertz CT molecular complexity index is 741. The van der Waals surface area contributed by atoms with E-state index in [4.69, 9.17) is 5.41 Å². The van der Waals surface area contributed by atoms with Crippen molar-refractivity contribution in [2.24, 2.45) is 40.4 Å². The van der Waals surface area contributed by atoms with Crippen LogP contribution in [0.3, 0.4) is 0 Å². The van der Waals surface area contributed by atoms with Gasteiger partial charge in [-0.3, -0.25) is 9.59 Å². The van der Waals surface area contributed by atoms with E-state index in [9.17, 15) is 9.59 Å². The molecule has 5 aliphatic carbocycles. The summed E-state index contributed by atoms with van der Waals surface area (Å²) >= 11 is 0. The molecule has 166 valence electrons. The minimum Gasteiger partial charge on any atom is -0.353 e. The maximum absolute atomic E-state index is 13.2. The van der Waals surface area contributed by atoms with E-state index in [-0.39, 0.29) is 34.8 Å². The van der Waals surface area contributed by atoms with Gasteiger partial charge >= 0.3 is 0 Å². The van der Waals surface area contributed by atoms with Gasteiger partial charge in [0.1, 0.15) is 5.92 Å². The highest BCUT2D eigenvalue weighted by molar-refractivity contribution is 6.44. The Morgan fingerprint density at radius 1 is 0.933 bits per heavy atom. The van der Waals surface area contributed by atoms with Crippen LogP contribution in [0.4, 0.5) is 0 Å². The monoisotopic (exact) mass is 412 g/mol. The minimum atomic E-state index is -0.628. The molecule has 2 unspecified atom stereocenters. The van der Waals surface area contributed by atoms with Crippen molar-refractivity contribution in [1.82, 2.24) is 5.32 Å². The quantitative estimate of drug-likeness (QED) is 0.605. The molecule has 0 aromatic carbocycles. The van der Waals surface area contributed by atoms with E-state index in [1.807, 2.05) is 0 Å². The average molecular weight is 413 g/mol. The summed E-state index contributed by atoms with van der Waals surface area (Å²) in [6.45, 7) is 4.86. The van der Waals surface area contributed by atoms with Gasteiger partial charge in [-0.15, -0.1) is 0 Å². The Hall–Kier alpha value is -1.19. The van der Waals surface area contributed by atoms with Gasteiger partial charge in [0.05, 0.1) is 5.71 Å². The average Bonchev–Trinajstić information content (AvgIpc) is 3.13. The Kier molecular flexibility index (Phi) is 5.14. The number of hydrogen-bond acceptors (Lipinski definition) is 3. The summed E-state index contributed by atoms with van der Waals surface area (Å²) in [5, 5.41) is 12.0. The zero-order chi connectivity index (χ0) is 21.1. The zero-order valence-electron chi connectivity index (χ0n) is 19.0. The molecule has 5 saturated carbocycles. The summed E-state index contributed by atoms with van der Waals surface area (Å²) in [7, 11) is 0. The van der Waals surface area contributed by atoms with Gasteiger partial charge in [-0.25, -0.2) is 0 Å². The lowest BCUT2D eigenvalue weighted by atomic mass is 9.44. The van der Waals surface area contributed by atoms with Gasteiger partial charge in [-0.2, -0.15) is 0 Å². The lowest BCUT2D eigenvalue weighted by Gasteiger charge is -2.60. The summed E-state index contributed by atoms with van der Waals surface area (Å²) < 4.78 is 0. The Labute approximate surface area is 181 Å². The molecule has 0 spiro atoms. The van der Waals surface area contributed by atoms with Crippen molar-refractivity contribution in [3.8, 4) is 0 Å². The number of carbonyl (C=O) groups is 2. The van der Waals surface area contributed by atoms with Crippen LogP contribution in [0.25, 0.3) is 0 Å². The van der Waals surface area contributed by atoms with Gasteiger partial charge in [-0.05, 0) is 86.4 Å². The molecular weight excluding hydrogens is 372 g/mol. The minimum absolute atomic E-state index is 0.0631. The van der Waals surface area contributed by atoms with E-state index >= 15 is 0 Å². The van der Waals surface area contributed by atoms with Crippen LogP contribution >= 0.6 is 0 Å². The predicted octanol–water partition coefficient (Wildman–Crippen LogP) is 5.29. The van der Waals surface area contributed by atoms with Crippen molar-refractivity contribution in [2.75, 3.05) is 0 Å². The highest BCUT2D eigenvalue weighted by atomic mass is 16.2. The molecule has 5 aliphatic rings. The highest BCUT2D eigenvalue weighted by Gasteiger charge is 2.61. The van der Waals surface area contributed by atoms with E-state index in [1.165, 1.54) is 57.8 Å². The number of amides is 1. The summed E-state index contributed by atoms with van der Waals surface area (Å²) in [5.74, 6) is 1.30. The molecule has 0 aromatic heterocycles. The smallest absolute Gasteiger partial charge is 0.231 e. The Balaban J connectivity index is 1.38. The number of nitrogens with one attached hydrogen (secondary N) is 2. The van der Waals surface area contributed by atoms with Crippen molar-refractivity contribution < 1.29 is 9.59 Å². The topological polar surface area (TPSA) is 70.0 Å². The lowest BCUT2D eigenvalue weighted by molar-refractivity contribution is -0.141. The first-order valence-electron chi connectivity index (χ1n) is 12.8. The number of Topliss-reactive ketones (excluding diaryl/α,β-unsaturated/α-hetero) is 1. The van der Waals surface area contributed by atoms with Crippen molar-refractivity contribution >= 4 is 17.4 Å². The van der Waals surface area contributed by atoms with Crippen molar-refractivity contribution in [3.63, 3.8) is 0 Å². The molecule has 7 atom stereocenters. The second kappa shape index (κ2) is 7.45. The lowest BCUT2D eigenvalue weighted by Crippen LogP contribution is -2.59. The third kappa shape index (κ3) is 3.11. The molecule has 0 aromatic rings. The molecular formula is C26H40N2O2. The van der Waals surface area contributed by atoms with E-state index in [0.29, 0.717) is 17.8 Å². The summed E-state index contributed by atoms with van der Waals surface area (Å²) in [5.41, 5.74) is 0.720. The van der Waals surface area contributed by atoms with Gasteiger partial charge < -0.3 is 10.7 Å². The first-order valence-corrected chi connectivity index (χ1v) is 12.8. The molecule has 0 radical (unpaired) electrons. The second-order valence-corrected chi connectivity index (χ2v) is 12.0. The van der Waals surface area contributed by atoms with Crippen LogP contribution in [-0.2, 0) is 9.59 Å². The number of rotatable bonds is 2. The molecule has 1 amide bonds. The van der Waals surface area contributed by atoms with E-state index in [0.717, 1.165) is 31.1 Å². The van der Waals surface area contributed by atoms with Gasteiger partial charge in [0, 0.05) is 12.0 Å². The molecule has 0 aliphatic heterocycles. The first-order chi connectivity index (χ1) is 14.3. The maximum Gasteiger partial charge on any atom is 0.231 e. The fraction of sp³-hybridized carbons (Fsp3) is 0.885. The molecule has 2 N–H and O–H groups in total. The van der Waals surface area contributed by atoms with E-state index in [2.05, 4.69) is 19.2 Å². The maximum atomic E-state index is 13.2. The van der Waals surface area contributed by atoms with Crippen molar-refractivity contribution in [1.29, 1.82) is 5.41 Å². The largest absolute Gasteiger partial charge is 0.353 e. The van der Waals surface area contributed by atoms with Crippen molar-refractivity contribution in [3.05, 3.63) is 0 Å². The number of ketones is 1. The third-order valence-corrected chi connectivity index (χ3v) is 10.5. The summed E-state index contributed by atoms with van der Waals surface area (Å²) in [4.78, 5) is 26.3. The SMILES string of the molecule is C[C@@]12CCC[C@H]1[C@@H]1CCC3C(=N)C(=O)C(C(=O)NC4CCCCC4)C[C@]3(C)[C@@H]1CC2.